The summed E-state index contributed by atoms with van der Waals surface area (Å²) in [5, 5.41) is 11.2. The Morgan fingerprint density at radius 1 is 1.13 bits per heavy atom. The highest BCUT2D eigenvalue weighted by molar-refractivity contribution is 8.00. The van der Waals surface area contributed by atoms with E-state index in [0.717, 1.165) is 21.4 Å². The molecule has 4 aromatic rings. The molecule has 0 aliphatic carbocycles. The average molecular weight is 458 g/mol. The van der Waals surface area contributed by atoms with Crippen LogP contribution < -0.4 is 4.31 Å². The van der Waals surface area contributed by atoms with E-state index < -0.39 is 5.97 Å². The monoisotopic (exact) mass is 457 g/mol. The summed E-state index contributed by atoms with van der Waals surface area (Å²) in [6, 6.07) is 16.7. The summed E-state index contributed by atoms with van der Waals surface area (Å²) in [5.41, 5.74) is 2.49. The number of carboxylic acid groups (broad SMARTS) is 1. The van der Waals surface area contributed by atoms with Gasteiger partial charge in [-0.15, -0.1) is 0 Å². The summed E-state index contributed by atoms with van der Waals surface area (Å²) in [4.78, 5) is 16.4. The van der Waals surface area contributed by atoms with Gasteiger partial charge in [0.1, 0.15) is 0 Å². The number of hydrogen-bond acceptors (Lipinski definition) is 4. The van der Waals surface area contributed by atoms with Crippen molar-refractivity contribution < 1.29 is 9.90 Å². The van der Waals surface area contributed by atoms with Crippen molar-refractivity contribution >= 4 is 57.8 Å². The molecule has 0 unspecified atom stereocenters. The van der Waals surface area contributed by atoms with Crippen molar-refractivity contribution in [3.05, 3.63) is 88.2 Å². The van der Waals surface area contributed by atoms with Gasteiger partial charge in [0.25, 0.3) is 0 Å². The van der Waals surface area contributed by atoms with Crippen molar-refractivity contribution in [2.45, 2.75) is 11.4 Å². The normalized spacial score (nSPS) is 11.0. The molecule has 2 aromatic heterocycles. The smallest absolute Gasteiger partial charge is 0.335 e. The fraction of sp³-hybridized carbons (Fsp3) is 0.0909. The number of carbonyl (C=O) groups is 1. The molecule has 30 heavy (non-hydrogen) atoms. The molecule has 2 heterocycles. The van der Waals surface area contributed by atoms with Gasteiger partial charge in [0.2, 0.25) is 0 Å². The van der Waals surface area contributed by atoms with Crippen LogP contribution in [0.15, 0.2) is 71.9 Å². The Labute approximate surface area is 188 Å². The molecule has 2 aromatic carbocycles. The molecule has 0 saturated carbocycles. The minimum atomic E-state index is -0.956. The number of aromatic carboxylic acids is 1. The molecule has 152 valence electrons. The first-order valence-electron chi connectivity index (χ1n) is 9.04. The number of carboxylic acids is 1. The molecule has 0 amide bonds. The second-order valence-corrected chi connectivity index (χ2v) is 8.67. The number of aryl methyl sites for hydroxylation is 1. The number of pyridine rings is 1. The van der Waals surface area contributed by atoms with Gasteiger partial charge in [0.15, 0.2) is 5.82 Å². The van der Waals surface area contributed by atoms with Crippen LogP contribution in [0.25, 0.3) is 10.9 Å². The van der Waals surface area contributed by atoms with Gasteiger partial charge in [-0.2, -0.15) is 0 Å². The van der Waals surface area contributed by atoms with Crippen molar-refractivity contribution in [1.29, 1.82) is 0 Å². The van der Waals surface area contributed by atoms with E-state index in [1.165, 1.54) is 11.9 Å². The highest BCUT2D eigenvalue weighted by Crippen LogP contribution is 2.35. The van der Waals surface area contributed by atoms with Crippen LogP contribution in [0.1, 0.15) is 15.9 Å². The largest absolute Gasteiger partial charge is 0.478 e. The van der Waals surface area contributed by atoms with E-state index in [0.29, 0.717) is 22.4 Å². The number of fused-ring (bicyclic) bond motifs is 1. The summed E-state index contributed by atoms with van der Waals surface area (Å²) < 4.78 is 4.05. The maximum atomic E-state index is 11.1. The Balaban J connectivity index is 1.67. The molecule has 0 atom stereocenters. The standard InChI is InChI=1S/C22H17Cl2N3O2S/c1-26-9-8-16-10-14(2-7-20(16)26)13-27(21-19(24)11-17(23)12-25-21)30-18-5-3-15(4-6-18)22(28)29/h2-12H,13H2,1H3,(H,28,29). The lowest BCUT2D eigenvalue weighted by Gasteiger charge is -2.23. The number of anilines is 1. The fourth-order valence-corrected chi connectivity index (χ4v) is 4.61. The van der Waals surface area contributed by atoms with Crippen LogP contribution in [0.4, 0.5) is 5.82 Å². The Morgan fingerprint density at radius 2 is 1.90 bits per heavy atom. The molecule has 0 fully saturated rings. The second-order valence-electron chi connectivity index (χ2n) is 6.74. The Bertz CT molecular complexity index is 1230. The van der Waals surface area contributed by atoms with E-state index in [2.05, 4.69) is 33.8 Å². The zero-order valence-electron chi connectivity index (χ0n) is 15.9. The molecule has 1 N–H and O–H groups in total. The summed E-state index contributed by atoms with van der Waals surface area (Å²) in [7, 11) is 2.02. The average Bonchev–Trinajstić information content (AvgIpc) is 3.08. The van der Waals surface area contributed by atoms with Crippen LogP contribution in [-0.4, -0.2) is 20.6 Å². The predicted octanol–water partition coefficient (Wildman–Crippen LogP) is 6.29. The number of benzene rings is 2. The van der Waals surface area contributed by atoms with Crippen LogP contribution >= 0.6 is 35.1 Å². The third-order valence-corrected chi connectivity index (χ3v) is 6.11. The maximum absolute atomic E-state index is 11.1. The minimum absolute atomic E-state index is 0.239. The highest BCUT2D eigenvalue weighted by atomic mass is 35.5. The van der Waals surface area contributed by atoms with Gasteiger partial charge in [-0.3, -0.25) is 4.31 Å². The first-order valence-corrected chi connectivity index (χ1v) is 10.6. The van der Waals surface area contributed by atoms with Crippen molar-refractivity contribution in [2.24, 2.45) is 7.05 Å². The van der Waals surface area contributed by atoms with E-state index in [1.807, 2.05) is 17.5 Å². The zero-order valence-corrected chi connectivity index (χ0v) is 18.2. The molecule has 8 heteroatoms. The molecule has 0 aliphatic heterocycles. The number of hydrogen-bond donors (Lipinski definition) is 1. The molecule has 0 radical (unpaired) electrons. The number of rotatable bonds is 6. The lowest BCUT2D eigenvalue weighted by Crippen LogP contribution is -2.15. The van der Waals surface area contributed by atoms with Gasteiger partial charge in [0.05, 0.1) is 22.2 Å². The fourth-order valence-electron chi connectivity index (χ4n) is 3.12. The van der Waals surface area contributed by atoms with Gasteiger partial charge < -0.3 is 9.67 Å². The van der Waals surface area contributed by atoms with E-state index in [9.17, 15) is 4.79 Å². The van der Waals surface area contributed by atoms with Gasteiger partial charge >= 0.3 is 5.97 Å². The number of nitrogens with zero attached hydrogens (tertiary/aromatic N) is 3. The quantitative estimate of drug-likeness (QED) is 0.344. The van der Waals surface area contributed by atoms with E-state index in [4.69, 9.17) is 28.3 Å². The predicted molar refractivity (Wildman–Crippen MR) is 123 cm³/mol. The van der Waals surface area contributed by atoms with Gasteiger partial charge in [-0.1, -0.05) is 29.3 Å². The van der Waals surface area contributed by atoms with Crippen molar-refractivity contribution in [3.8, 4) is 0 Å². The Morgan fingerprint density at radius 3 is 2.60 bits per heavy atom. The first-order chi connectivity index (χ1) is 14.4. The molecule has 0 bridgehead atoms. The molecule has 0 aliphatic rings. The van der Waals surface area contributed by atoms with Crippen LogP contribution in [-0.2, 0) is 13.6 Å². The number of aromatic nitrogens is 2. The van der Waals surface area contributed by atoms with E-state index in [-0.39, 0.29) is 5.56 Å². The van der Waals surface area contributed by atoms with Crippen molar-refractivity contribution in [2.75, 3.05) is 4.31 Å². The Kier molecular flexibility index (Phi) is 5.90. The third kappa shape index (κ3) is 4.41. The third-order valence-electron chi connectivity index (χ3n) is 4.62. The molecule has 0 spiro atoms. The maximum Gasteiger partial charge on any atom is 0.335 e. The van der Waals surface area contributed by atoms with E-state index >= 15 is 0 Å². The molecule has 0 saturated heterocycles. The number of halogens is 2. The molecular weight excluding hydrogens is 441 g/mol. The highest BCUT2D eigenvalue weighted by Gasteiger charge is 2.16. The summed E-state index contributed by atoms with van der Waals surface area (Å²) in [6.45, 7) is 0.546. The Hall–Kier alpha value is -2.67. The van der Waals surface area contributed by atoms with Gasteiger partial charge in [-0.05, 0) is 71.4 Å². The summed E-state index contributed by atoms with van der Waals surface area (Å²) in [6.07, 6.45) is 3.59. The topological polar surface area (TPSA) is 58.4 Å². The van der Waals surface area contributed by atoms with Gasteiger partial charge in [-0.25, -0.2) is 9.78 Å². The second kappa shape index (κ2) is 8.60. The lowest BCUT2D eigenvalue weighted by molar-refractivity contribution is 0.0697. The summed E-state index contributed by atoms with van der Waals surface area (Å²) >= 11 is 13.9. The van der Waals surface area contributed by atoms with Crippen molar-refractivity contribution in [3.63, 3.8) is 0 Å². The first kappa shape index (κ1) is 20.6. The zero-order chi connectivity index (χ0) is 21.3. The SMILES string of the molecule is Cn1ccc2cc(CN(Sc3ccc(C(=O)O)cc3)c3ncc(Cl)cc3Cl)ccc21. The van der Waals surface area contributed by atoms with E-state index in [1.54, 1.807) is 36.5 Å². The summed E-state index contributed by atoms with van der Waals surface area (Å²) in [5.74, 6) is -0.372. The van der Waals surface area contributed by atoms with Crippen LogP contribution in [0.3, 0.4) is 0 Å². The molecule has 5 nitrogen and oxygen atoms in total. The van der Waals surface area contributed by atoms with Gasteiger partial charge in [0, 0.05) is 29.9 Å². The minimum Gasteiger partial charge on any atom is -0.478 e. The molecular formula is C22H17Cl2N3O2S. The van der Waals surface area contributed by atoms with Crippen LogP contribution in [0.5, 0.6) is 0 Å². The van der Waals surface area contributed by atoms with Crippen molar-refractivity contribution in [1.82, 2.24) is 9.55 Å². The molecule has 4 rings (SSSR count). The van der Waals surface area contributed by atoms with Crippen LogP contribution in [0, 0.1) is 0 Å². The van der Waals surface area contributed by atoms with Crippen LogP contribution in [0.2, 0.25) is 10.0 Å². The lowest BCUT2D eigenvalue weighted by atomic mass is 10.1.